The third-order valence-corrected chi connectivity index (χ3v) is 3.47. The van der Waals surface area contributed by atoms with Gasteiger partial charge in [0.15, 0.2) is 0 Å². The van der Waals surface area contributed by atoms with Crippen molar-refractivity contribution in [3.63, 3.8) is 0 Å². The minimum absolute atomic E-state index is 0.567. The van der Waals surface area contributed by atoms with Crippen LogP contribution in [0, 0.1) is 0 Å². The van der Waals surface area contributed by atoms with E-state index in [9.17, 15) is 0 Å². The van der Waals surface area contributed by atoms with Crippen LogP contribution in [0.25, 0.3) is 0 Å². The van der Waals surface area contributed by atoms with Crippen molar-refractivity contribution < 1.29 is 4.74 Å². The van der Waals surface area contributed by atoms with E-state index in [1.807, 2.05) is 0 Å². The van der Waals surface area contributed by atoms with E-state index in [0.29, 0.717) is 12.1 Å². The molecule has 0 aromatic rings. The molecule has 1 aliphatic rings. The van der Waals surface area contributed by atoms with Crippen LogP contribution in [0.2, 0.25) is 0 Å². The highest BCUT2D eigenvalue weighted by Crippen LogP contribution is 2.20. The van der Waals surface area contributed by atoms with Gasteiger partial charge in [-0.2, -0.15) is 0 Å². The summed E-state index contributed by atoms with van der Waals surface area (Å²) >= 11 is 0. The third kappa shape index (κ3) is 5.86. The lowest BCUT2D eigenvalue weighted by atomic mass is 10.1. The molecular formula is C14H29NO. The van der Waals surface area contributed by atoms with Gasteiger partial charge in [-0.15, -0.1) is 0 Å². The van der Waals surface area contributed by atoms with E-state index in [1.54, 1.807) is 0 Å². The Balaban J connectivity index is 1.98. The zero-order chi connectivity index (χ0) is 11.6. The van der Waals surface area contributed by atoms with Crippen LogP contribution >= 0.6 is 0 Å². The maximum atomic E-state index is 5.85. The molecule has 16 heavy (non-hydrogen) atoms. The molecule has 0 saturated heterocycles. The van der Waals surface area contributed by atoms with E-state index in [1.165, 1.54) is 51.4 Å². The number of ether oxygens (including phenoxy) is 1. The average molecular weight is 227 g/mol. The smallest absolute Gasteiger partial charge is 0.0594 e. The Bertz CT molecular complexity index is 149. The Kier molecular flexibility index (Phi) is 7.87. The van der Waals surface area contributed by atoms with Crippen LogP contribution < -0.4 is 5.32 Å². The summed E-state index contributed by atoms with van der Waals surface area (Å²) in [5, 5.41) is 3.62. The average Bonchev–Trinajstić information content (AvgIpc) is 2.78. The molecule has 1 fully saturated rings. The zero-order valence-corrected chi connectivity index (χ0v) is 11.1. The van der Waals surface area contributed by atoms with Crippen molar-refractivity contribution in [2.45, 2.75) is 77.4 Å². The summed E-state index contributed by atoms with van der Waals surface area (Å²) in [6.07, 6.45) is 11.0. The molecule has 1 N–H and O–H groups in total. The minimum atomic E-state index is 0.567. The monoisotopic (exact) mass is 227 g/mol. The Hall–Kier alpha value is -0.0800. The van der Waals surface area contributed by atoms with Crippen LogP contribution in [-0.4, -0.2) is 25.3 Å². The van der Waals surface area contributed by atoms with Crippen molar-refractivity contribution in [2.75, 3.05) is 13.2 Å². The summed E-state index contributed by atoms with van der Waals surface area (Å²) in [5.41, 5.74) is 0. The fourth-order valence-corrected chi connectivity index (χ4v) is 2.59. The van der Waals surface area contributed by atoms with Gasteiger partial charge in [0.05, 0.1) is 12.7 Å². The first-order valence-corrected chi connectivity index (χ1v) is 7.21. The quantitative estimate of drug-likeness (QED) is 0.609. The van der Waals surface area contributed by atoms with Gasteiger partial charge in [-0.3, -0.25) is 0 Å². The topological polar surface area (TPSA) is 21.3 Å². The molecule has 2 heteroatoms. The van der Waals surface area contributed by atoms with Crippen LogP contribution in [0.5, 0.6) is 0 Å². The summed E-state index contributed by atoms with van der Waals surface area (Å²) in [7, 11) is 0. The summed E-state index contributed by atoms with van der Waals surface area (Å²) < 4.78 is 5.85. The van der Waals surface area contributed by atoms with Crippen molar-refractivity contribution in [3.05, 3.63) is 0 Å². The van der Waals surface area contributed by atoms with E-state index in [0.717, 1.165) is 13.2 Å². The first-order valence-electron chi connectivity index (χ1n) is 7.21. The van der Waals surface area contributed by atoms with Crippen molar-refractivity contribution in [3.8, 4) is 0 Å². The molecule has 1 aliphatic carbocycles. The summed E-state index contributed by atoms with van der Waals surface area (Å²) in [5.74, 6) is 0. The summed E-state index contributed by atoms with van der Waals surface area (Å²) in [4.78, 5) is 0. The normalized spacial score (nSPS) is 17.4. The van der Waals surface area contributed by atoms with Gasteiger partial charge in [-0.25, -0.2) is 0 Å². The molecule has 0 atom stereocenters. The van der Waals surface area contributed by atoms with E-state index in [4.69, 9.17) is 4.74 Å². The van der Waals surface area contributed by atoms with E-state index >= 15 is 0 Å². The third-order valence-electron chi connectivity index (χ3n) is 3.47. The van der Waals surface area contributed by atoms with Gasteiger partial charge in [0.2, 0.25) is 0 Å². The lowest BCUT2D eigenvalue weighted by Crippen LogP contribution is -2.32. The molecule has 0 bridgehead atoms. The molecule has 0 unspecified atom stereocenters. The van der Waals surface area contributed by atoms with E-state index < -0.39 is 0 Å². The zero-order valence-electron chi connectivity index (χ0n) is 11.1. The lowest BCUT2D eigenvalue weighted by molar-refractivity contribution is 0.0588. The van der Waals surface area contributed by atoms with Crippen molar-refractivity contribution in [1.29, 1.82) is 0 Å². The van der Waals surface area contributed by atoms with Crippen molar-refractivity contribution in [2.24, 2.45) is 0 Å². The van der Waals surface area contributed by atoms with Crippen molar-refractivity contribution in [1.82, 2.24) is 5.32 Å². The predicted molar refractivity (Wildman–Crippen MR) is 69.8 cm³/mol. The van der Waals surface area contributed by atoms with Gasteiger partial charge >= 0.3 is 0 Å². The summed E-state index contributed by atoms with van der Waals surface area (Å²) in [6, 6.07) is 0.710. The first-order chi connectivity index (χ1) is 7.86. The molecule has 0 aromatic heterocycles. The first kappa shape index (κ1) is 14.0. The highest BCUT2D eigenvalue weighted by Gasteiger charge is 2.14. The predicted octanol–water partition coefficient (Wildman–Crippen LogP) is 3.50. The fourth-order valence-electron chi connectivity index (χ4n) is 2.59. The minimum Gasteiger partial charge on any atom is -0.377 e. The molecule has 96 valence electrons. The van der Waals surface area contributed by atoms with Crippen LogP contribution in [0.3, 0.4) is 0 Å². The number of nitrogens with one attached hydrogen (secondary N) is 1. The molecule has 0 spiro atoms. The second kappa shape index (κ2) is 9.00. The van der Waals surface area contributed by atoms with Gasteiger partial charge in [-0.1, -0.05) is 39.5 Å². The van der Waals surface area contributed by atoms with E-state index in [2.05, 4.69) is 19.2 Å². The molecule has 1 rings (SSSR count). The molecule has 2 nitrogen and oxygen atoms in total. The highest BCUT2D eigenvalue weighted by molar-refractivity contribution is 4.68. The number of hydrogen-bond donors (Lipinski definition) is 1. The SMILES string of the molecule is CCCC(CCC)NCCOC1CCCC1. The van der Waals surface area contributed by atoms with Gasteiger partial charge in [-0.05, 0) is 25.7 Å². The molecule has 0 aromatic carbocycles. The van der Waals surface area contributed by atoms with Gasteiger partial charge in [0, 0.05) is 12.6 Å². The Morgan fingerprint density at radius 3 is 2.31 bits per heavy atom. The van der Waals surface area contributed by atoms with Crippen LogP contribution in [0.4, 0.5) is 0 Å². The molecule has 0 amide bonds. The Labute approximate surface area is 101 Å². The molecule has 0 aliphatic heterocycles. The van der Waals surface area contributed by atoms with E-state index in [-0.39, 0.29) is 0 Å². The molecule has 0 heterocycles. The van der Waals surface area contributed by atoms with Gasteiger partial charge in [0.25, 0.3) is 0 Å². The Morgan fingerprint density at radius 1 is 1.12 bits per heavy atom. The van der Waals surface area contributed by atoms with Crippen LogP contribution in [0.15, 0.2) is 0 Å². The fraction of sp³-hybridized carbons (Fsp3) is 1.00. The maximum Gasteiger partial charge on any atom is 0.0594 e. The molecular weight excluding hydrogens is 198 g/mol. The largest absolute Gasteiger partial charge is 0.377 e. The number of rotatable bonds is 9. The standard InChI is InChI=1S/C14H29NO/c1-3-7-13(8-4-2)15-11-12-16-14-9-5-6-10-14/h13-15H,3-12H2,1-2H3. The maximum absolute atomic E-state index is 5.85. The van der Waals surface area contributed by atoms with Crippen LogP contribution in [0.1, 0.15) is 65.2 Å². The molecule has 0 radical (unpaired) electrons. The molecule has 1 saturated carbocycles. The second-order valence-corrected chi connectivity index (χ2v) is 5.01. The second-order valence-electron chi connectivity index (χ2n) is 5.01. The highest BCUT2D eigenvalue weighted by atomic mass is 16.5. The summed E-state index contributed by atoms with van der Waals surface area (Å²) in [6.45, 7) is 6.45. The van der Waals surface area contributed by atoms with Crippen molar-refractivity contribution >= 4 is 0 Å². The van der Waals surface area contributed by atoms with Gasteiger partial charge < -0.3 is 10.1 Å². The Morgan fingerprint density at radius 2 is 1.75 bits per heavy atom. The van der Waals surface area contributed by atoms with Gasteiger partial charge in [0.1, 0.15) is 0 Å². The number of hydrogen-bond acceptors (Lipinski definition) is 2. The lowest BCUT2D eigenvalue weighted by Gasteiger charge is -2.18. The van der Waals surface area contributed by atoms with Crippen LogP contribution in [-0.2, 0) is 4.74 Å².